The van der Waals surface area contributed by atoms with E-state index in [1.54, 1.807) is 16.0 Å². The number of nitrogens with one attached hydrogen (secondary N) is 1. The van der Waals surface area contributed by atoms with Crippen molar-refractivity contribution in [3.63, 3.8) is 0 Å². The van der Waals surface area contributed by atoms with Crippen LogP contribution in [0.25, 0.3) is 0 Å². The van der Waals surface area contributed by atoms with Crippen molar-refractivity contribution in [3.05, 3.63) is 41.6 Å². The molecule has 1 fully saturated rings. The standard InChI is InChI=1S/C26H36N6O4/c1-17(2)32-22-20(16-35-25(32)34)15-27-23(29-22)28-18(3)19-7-9-21(10-8-19)30-11-13-31(14-12-30)24(33)36-26(4,5)6/h7-10,15,17-18H,11-14,16H2,1-6H3,(H,27,28,29)/t18-/m0/s1. The fourth-order valence-corrected chi connectivity index (χ4v) is 4.25. The van der Waals surface area contributed by atoms with E-state index in [0.717, 1.165) is 29.9 Å². The number of carbonyl (C=O) groups excluding carboxylic acids is 2. The lowest BCUT2D eigenvalue weighted by Gasteiger charge is -2.36. The molecule has 0 bridgehead atoms. The zero-order valence-corrected chi connectivity index (χ0v) is 21.9. The molecule has 0 radical (unpaired) electrons. The van der Waals surface area contributed by atoms with Crippen LogP contribution in [-0.2, 0) is 16.1 Å². The number of rotatable bonds is 5. The Morgan fingerprint density at radius 3 is 2.36 bits per heavy atom. The first-order valence-electron chi connectivity index (χ1n) is 12.4. The molecule has 0 aliphatic carbocycles. The largest absolute Gasteiger partial charge is 0.444 e. The lowest BCUT2D eigenvalue weighted by molar-refractivity contribution is 0.0240. The van der Waals surface area contributed by atoms with E-state index >= 15 is 0 Å². The molecule has 2 amide bonds. The van der Waals surface area contributed by atoms with E-state index in [2.05, 4.69) is 44.5 Å². The number of carbonyl (C=O) groups is 2. The summed E-state index contributed by atoms with van der Waals surface area (Å²) in [6.45, 7) is 14.5. The van der Waals surface area contributed by atoms with Crippen LogP contribution in [0.4, 0.5) is 27.0 Å². The monoisotopic (exact) mass is 496 g/mol. The number of benzene rings is 1. The summed E-state index contributed by atoms with van der Waals surface area (Å²) in [6, 6.07) is 8.26. The first kappa shape index (κ1) is 25.5. The van der Waals surface area contributed by atoms with E-state index < -0.39 is 11.7 Å². The number of amides is 2. The second-order valence-corrected chi connectivity index (χ2v) is 10.5. The minimum atomic E-state index is -0.488. The fraction of sp³-hybridized carbons (Fsp3) is 0.538. The normalized spacial score (nSPS) is 17.0. The molecule has 1 aromatic carbocycles. The van der Waals surface area contributed by atoms with Crippen molar-refractivity contribution in [2.75, 3.05) is 41.3 Å². The molecule has 2 aromatic rings. The number of fused-ring (bicyclic) bond motifs is 1. The summed E-state index contributed by atoms with van der Waals surface area (Å²) >= 11 is 0. The number of nitrogens with zero attached hydrogens (tertiary/aromatic N) is 5. The number of hydrogen-bond acceptors (Lipinski definition) is 8. The summed E-state index contributed by atoms with van der Waals surface area (Å²) in [5, 5.41) is 3.35. The van der Waals surface area contributed by atoms with Crippen molar-refractivity contribution in [2.24, 2.45) is 0 Å². The van der Waals surface area contributed by atoms with Crippen LogP contribution in [-0.4, -0.2) is 64.9 Å². The third kappa shape index (κ3) is 5.80. The third-order valence-electron chi connectivity index (χ3n) is 6.17. The first-order valence-corrected chi connectivity index (χ1v) is 12.4. The van der Waals surface area contributed by atoms with Crippen LogP contribution >= 0.6 is 0 Å². The summed E-state index contributed by atoms with van der Waals surface area (Å²) in [5.74, 6) is 1.05. The molecule has 10 heteroatoms. The Morgan fingerprint density at radius 1 is 1.08 bits per heavy atom. The Balaban J connectivity index is 1.37. The van der Waals surface area contributed by atoms with Crippen molar-refractivity contribution < 1.29 is 19.1 Å². The Morgan fingerprint density at radius 2 is 1.75 bits per heavy atom. The lowest BCUT2D eigenvalue weighted by atomic mass is 10.1. The maximum Gasteiger partial charge on any atom is 0.416 e. The maximum absolute atomic E-state index is 12.3. The van der Waals surface area contributed by atoms with Gasteiger partial charge in [-0.2, -0.15) is 4.98 Å². The highest BCUT2D eigenvalue weighted by molar-refractivity contribution is 5.89. The van der Waals surface area contributed by atoms with E-state index in [-0.39, 0.29) is 24.8 Å². The summed E-state index contributed by atoms with van der Waals surface area (Å²) in [7, 11) is 0. The van der Waals surface area contributed by atoms with Gasteiger partial charge in [-0.3, -0.25) is 4.90 Å². The lowest BCUT2D eigenvalue weighted by Crippen LogP contribution is -2.50. The van der Waals surface area contributed by atoms with Gasteiger partial charge in [-0.25, -0.2) is 14.6 Å². The summed E-state index contributed by atoms with van der Waals surface area (Å²) in [6.07, 6.45) is 1.06. The average Bonchev–Trinajstić information content (AvgIpc) is 2.82. The summed E-state index contributed by atoms with van der Waals surface area (Å²) < 4.78 is 10.7. The van der Waals surface area contributed by atoms with E-state index in [1.165, 1.54) is 0 Å². The first-order chi connectivity index (χ1) is 17.0. The Kier molecular flexibility index (Phi) is 7.23. The van der Waals surface area contributed by atoms with Crippen molar-refractivity contribution in [2.45, 2.75) is 65.8 Å². The van der Waals surface area contributed by atoms with Crippen molar-refractivity contribution in [1.29, 1.82) is 0 Å². The molecular weight excluding hydrogens is 460 g/mol. The van der Waals surface area contributed by atoms with Crippen LogP contribution in [0.15, 0.2) is 30.5 Å². The predicted octanol–water partition coefficient (Wildman–Crippen LogP) is 4.57. The van der Waals surface area contributed by atoms with Crippen LogP contribution in [0, 0.1) is 0 Å². The molecule has 0 spiro atoms. The van der Waals surface area contributed by atoms with Gasteiger partial charge in [0.25, 0.3) is 0 Å². The number of piperazine rings is 1. The van der Waals surface area contributed by atoms with E-state index in [1.807, 2.05) is 41.5 Å². The van der Waals surface area contributed by atoms with E-state index in [9.17, 15) is 9.59 Å². The third-order valence-corrected chi connectivity index (χ3v) is 6.17. The summed E-state index contributed by atoms with van der Waals surface area (Å²) in [4.78, 5) is 39.2. The van der Waals surface area contributed by atoms with Gasteiger partial charge in [0.15, 0.2) is 0 Å². The average molecular weight is 497 g/mol. The van der Waals surface area contributed by atoms with Crippen LogP contribution < -0.4 is 15.1 Å². The number of aromatic nitrogens is 2. The van der Waals surface area contributed by atoms with Gasteiger partial charge in [-0.1, -0.05) is 12.1 Å². The van der Waals surface area contributed by atoms with Gasteiger partial charge >= 0.3 is 12.2 Å². The van der Waals surface area contributed by atoms with E-state index in [0.29, 0.717) is 24.9 Å². The molecule has 2 aliphatic rings. The molecule has 1 aromatic heterocycles. The van der Waals surface area contributed by atoms with Gasteiger partial charge in [0, 0.05) is 44.1 Å². The van der Waals surface area contributed by atoms with Crippen LogP contribution in [0.2, 0.25) is 0 Å². The Labute approximate surface area is 212 Å². The van der Waals surface area contributed by atoms with Gasteiger partial charge in [0.2, 0.25) is 5.95 Å². The Hall–Kier alpha value is -3.56. The van der Waals surface area contributed by atoms with Gasteiger partial charge in [-0.15, -0.1) is 0 Å². The molecule has 4 rings (SSSR count). The van der Waals surface area contributed by atoms with Gasteiger partial charge in [0.1, 0.15) is 18.0 Å². The van der Waals surface area contributed by atoms with Crippen LogP contribution in [0.1, 0.15) is 58.7 Å². The number of cyclic esters (lactones) is 1. The minimum absolute atomic E-state index is 0.0378. The molecule has 1 saturated heterocycles. The highest BCUT2D eigenvalue weighted by Crippen LogP contribution is 2.29. The molecule has 194 valence electrons. The topological polar surface area (TPSA) is 100 Å². The highest BCUT2D eigenvalue weighted by atomic mass is 16.6. The van der Waals surface area contributed by atoms with Crippen LogP contribution in [0.5, 0.6) is 0 Å². The molecular formula is C26H36N6O4. The smallest absolute Gasteiger partial charge is 0.416 e. The quantitative estimate of drug-likeness (QED) is 0.643. The molecule has 3 heterocycles. The highest BCUT2D eigenvalue weighted by Gasteiger charge is 2.30. The fourth-order valence-electron chi connectivity index (χ4n) is 4.25. The molecule has 10 nitrogen and oxygen atoms in total. The second kappa shape index (κ2) is 10.2. The molecule has 36 heavy (non-hydrogen) atoms. The molecule has 0 saturated carbocycles. The minimum Gasteiger partial charge on any atom is -0.444 e. The number of anilines is 3. The number of hydrogen-bond donors (Lipinski definition) is 1. The van der Waals surface area contributed by atoms with Gasteiger partial charge in [-0.05, 0) is 59.2 Å². The predicted molar refractivity (Wildman–Crippen MR) is 138 cm³/mol. The summed E-state index contributed by atoms with van der Waals surface area (Å²) in [5.41, 5.74) is 2.51. The van der Waals surface area contributed by atoms with Crippen LogP contribution in [0.3, 0.4) is 0 Å². The van der Waals surface area contributed by atoms with Crippen molar-refractivity contribution >= 4 is 29.6 Å². The van der Waals surface area contributed by atoms with Crippen molar-refractivity contribution in [1.82, 2.24) is 14.9 Å². The van der Waals surface area contributed by atoms with Gasteiger partial charge in [0.05, 0.1) is 11.6 Å². The molecule has 2 aliphatic heterocycles. The van der Waals surface area contributed by atoms with E-state index in [4.69, 9.17) is 9.47 Å². The zero-order valence-electron chi connectivity index (χ0n) is 21.9. The SMILES string of the molecule is CC(C)N1C(=O)OCc2cnc(N[C@@H](C)c3ccc(N4CCN(C(=O)OC(C)(C)C)CC4)cc3)nc21. The zero-order chi connectivity index (χ0) is 26.0. The molecule has 1 atom stereocenters. The maximum atomic E-state index is 12.3. The molecule has 0 unspecified atom stereocenters. The van der Waals surface area contributed by atoms with Crippen molar-refractivity contribution in [3.8, 4) is 0 Å². The van der Waals surface area contributed by atoms with Gasteiger partial charge < -0.3 is 24.6 Å². The Bertz CT molecular complexity index is 1090. The number of ether oxygens (including phenoxy) is 2. The molecule has 1 N–H and O–H groups in total. The second-order valence-electron chi connectivity index (χ2n) is 10.5.